The first-order valence-electron chi connectivity index (χ1n) is 13.3. The molecule has 1 atom stereocenters. The molecule has 1 N–H and O–H groups in total. The van der Waals surface area contributed by atoms with Gasteiger partial charge in [0.2, 0.25) is 5.95 Å². The molecule has 0 unspecified atom stereocenters. The Balaban J connectivity index is 1.27. The van der Waals surface area contributed by atoms with Gasteiger partial charge in [-0.05, 0) is 42.5 Å². The Morgan fingerprint density at radius 3 is 2.55 bits per heavy atom. The maximum absolute atomic E-state index is 14.9. The standard InChI is InChI=1S/C27H34F2N8O/c1-18(2)20-14-32-24(37-10-4-9-35(3)17-37)21-15-31-23(13-19(20)21)33-22-5-8-30-25(34-22)36-11-6-26(7-12-38-26)27(28,29)16-36/h5,8,13-15,18H,4,6-7,9-12,16-17H2,1-3H3,(H,30,31,33,34)/t26-/m1/s1. The molecule has 1 spiro atoms. The lowest BCUT2D eigenvalue weighted by molar-refractivity contribution is -0.276. The monoisotopic (exact) mass is 524 g/mol. The second kappa shape index (κ2) is 9.53. The van der Waals surface area contributed by atoms with E-state index in [9.17, 15) is 8.78 Å². The van der Waals surface area contributed by atoms with E-state index < -0.39 is 18.1 Å². The molecule has 6 heterocycles. The van der Waals surface area contributed by atoms with E-state index >= 15 is 0 Å². The van der Waals surface area contributed by atoms with Gasteiger partial charge in [0, 0.05) is 56.5 Å². The smallest absolute Gasteiger partial charge is 0.293 e. The van der Waals surface area contributed by atoms with Crippen molar-refractivity contribution in [3.8, 4) is 0 Å². The van der Waals surface area contributed by atoms with Crippen LogP contribution in [-0.2, 0) is 4.74 Å². The van der Waals surface area contributed by atoms with E-state index in [4.69, 9.17) is 9.72 Å². The molecule has 0 radical (unpaired) electrons. The molecular weight excluding hydrogens is 490 g/mol. The van der Waals surface area contributed by atoms with Crippen LogP contribution in [-0.4, -0.2) is 82.9 Å². The van der Waals surface area contributed by atoms with Crippen LogP contribution in [0, 0.1) is 0 Å². The lowest BCUT2D eigenvalue weighted by Gasteiger charge is -2.52. The molecule has 6 rings (SSSR count). The second-order valence-electron chi connectivity index (χ2n) is 11.0. The van der Waals surface area contributed by atoms with Crippen molar-refractivity contribution in [1.82, 2.24) is 24.8 Å². The van der Waals surface area contributed by atoms with Crippen molar-refractivity contribution in [1.29, 1.82) is 0 Å². The van der Waals surface area contributed by atoms with Crippen LogP contribution in [0.1, 0.15) is 44.6 Å². The van der Waals surface area contributed by atoms with Gasteiger partial charge in [0.15, 0.2) is 0 Å². The summed E-state index contributed by atoms with van der Waals surface area (Å²) in [7, 11) is 2.12. The summed E-state index contributed by atoms with van der Waals surface area (Å²) in [6, 6.07) is 3.75. The number of pyridine rings is 2. The van der Waals surface area contributed by atoms with E-state index in [0.29, 0.717) is 31.2 Å². The highest BCUT2D eigenvalue weighted by Crippen LogP contribution is 2.47. The van der Waals surface area contributed by atoms with Gasteiger partial charge in [0.1, 0.15) is 23.1 Å². The molecule has 0 aromatic carbocycles. The van der Waals surface area contributed by atoms with Gasteiger partial charge in [-0.3, -0.25) is 4.90 Å². The third-order valence-electron chi connectivity index (χ3n) is 7.99. The Bertz CT molecular complexity index is 1330. The van der Waals surface area contributed by atoms with Gasteiger partial charge >= 0.3 is 0 Å². The number of anilines is 4. The number of halogens is 2. The summed E-state index contributed by atoms with van der Waals surface area (Å²) in [6.45, 7) is 7.54. The van der Waals surface area contributed by atoms with Crippen LogP contribution < -0.4 is 15.1 Å². The normalized spacial score (nSPS) is 23.7. The minimum absolute atomic E-state index is 0.258. The van der Waals surface area contributed by atoms with Crippen LogP contribution in [0.15, 0.2) is 30.7 Å². The maximum atomic E-state index is 14.9. The quantitative estimate of drug-likeness (QED) is 0.523. The van der Waals surface area contributed by atoms with E-state index in [1.54, 1.807) is 12.3 Å². The predicted octanol–water partition coefficient (Wildman–Crippen LogP) is 4.39. The number of rotatable bonds is 5. The third-order valence-corrected chi connectivity index (χ3v) is 7.99. The van der Waals surface area contributed by atoms with Crippen LogP contribution in [0.25, 0.3) is 10.8 Å². The molecule has 9 nitrogen and oxygen atoms in total. The molecule has 11 heteroatoms. The van der Waals surface area contributed by atoms with Crippen LogP contribution in [0.5, 0.6) is 0 Å². The van der Waals surface area contributed by atoms with Crippen molar-refractivity contribution in [2.75, 3.05) is 61.6 Å². The molecule has 3 aromatic rings. The predicted molar refractivity (Wildman–Crippen MR) is 143 cm³/mol. The molecule has 0 saturated carbocycles. The number of hydrogen-bond acceptors (Lipinski definition) is 9. The van der Waals surface area contributed by atoms with Gasteiger partial charge in [0.05, 0.1) is 19.8 Å². The van der Waals surface area contributed by atoms with Gasteiger partial charge < -0.3 is 19.9 Å². The van der Waals surface area contributed by atoms with Gasteiger partial charge in [-0.15, -0.1) is 0 Å². The van der Waals surface area contributed by atoms with Gasteiger partial charge in [-0.1, -0.05) is 13.8 Å². The highest BCUT2D eigenvalue weighted by molar-refractivity contribution is 5.95. The first kappa shape index (κ1) is 25.1. The van der Waals surface area contributed by atoms with Gasteiger partial charge in [-0.25, -0.2) is 23.7 Å². The Labute approximate surface area is 221 Å². The molecule has 0 amide bonds. The van der Waals surface area contributed by atoms with E-state index in [-0.39, 0.29) is 18.3 Å². The number of nitrogens with zero attached hydrogens (tertiary/aromatic N) is 7. The highest BCUT2D eigenvalue weighted by atomic mass is 19.3. The molecule has 3 aliphatic rings. The number of alkyl halides is 2. The van der Waals surface area contributed by atoms with Crippen LogP contribution in [0.3, 0.4) is 0 Å². The molecule has 3 aliphatic heterocycles. The summed E-state index contributed by atoms with van der Waals surface area (Å²) in [5, 5.41) is 5.37. The fraction of sp³-hybridized carbons (Fsp3) is 0.556. The zero-order chi connectivity index (χ0) is 26.5. The summed E-state index contributed by atoms with van der Waals surface area (Å²) < 4.78 is 35.1. The lowest BCUT2D eigenvalue weighted by atomic mass is 9.81. The van der Waals surface area contributed by atoms with Crippen molar-refractivity contribution in [3.05, 3.63) is 36.3 Å². The molecule has 3 saturated heterocycles. The molecule has 0 aliphatic carbocycles. The molecule has 0 bridgehead atoms. The minimum atomic E-state index is -2.95. The number of ether oxygens (including phenoxy) is 1. The Morgan fingerprint density at radius 1 is 1.00 bits per heavy atom. The largest absolute Gasteiger partial charge is 0.368 e. The number of aromatic nitrogens is 4. The van der Waals surface area contributed by atoms with E-state index in [0.717, 1.165) is 48.3 Å². The third kappa shape index (κ3) is 4.41. The zero-order valence-electron chi connectivity index (χ0n) is 22.1. The van der Waals surface area contributed by atoms with Gasteiger partial charge in [0.25, 0.3) is 5.92 Å². The van der Waals surface area contributed by atoms with Crippen molar-refractivity contribution < 1.29 is 13.5 Å². The van der Waals surface area contributed by atoms with E-state index in [1.807, 2.05) is 18.5 Å². The molecular formula is C27H34F2N8O. The molecule has 202 valence electrons. The second-order valence-corrected chi connectivity index (χ2v) is 11.0. The average molecular weight is 525 g/mol. The Kier molecular flexibility index (Phi) is 6.30. The zero-order valence-corrected chi connectivity index (χ0v) is 22.1. The van der Waals surface area contributed by atoms with Crippen LogP contribution in [0.4, 0.5) is 32.2 Å². The van der Waals surface area contributed by atoms with Crippen molar-refractivity contribution >= 4 is 34.2 Å². The molecule has 3 aromatic heterocycles. The van der Waals surface area contributed by atoms with E-state index in [1.165, 1.54) is 4.90 Å². The summed E-state index contributed by atoms with van der Waals surface area (Å²) in [4.78, 5) is 24.5. The lowest BCUT2D eigenvalue weighted by Crippen LogP contribution is -2.66. The van der Waals surface area contributed by atoms with Crippen LogP contribution >= 0.6 is 0 Å². The SMILES string of the molecule is CC(C)c1cnc(N2CCCN(C)C2)c2cnc(Nc3ccnc(N4CC[C@@]5(CCO5)C(F)(F)C4)n3)cc12. The average Bonchev–Trinajstić information content (AvgIpc) is 2.86. The summed E-state index contributed by atoms with van der Waals surface area (Å²) in [5.41, 5.74) is -0.176. The first-order chi connectivity index (χ1) is 18.2. The van der Waals surface area contributed by atoms with Crippen molar-refractivity contribution in [3.63, 3.8) is 0 Å². The Morgan fingerprint density at radius 2 is 1.84 bits per heavy atom. The topological polar surface area (TPSA) is 82.5 Å². The summed E-state index contributed by atoms with van der Waals surface area (Å²) in [5.74, 6) is -0.316. The minimum Gasteiger partial charge on any atom is -0.368 e. The number of piperidine rings is 1. The molecule has 38 heavy (non-hydrogen) atoms. The van der Waals surface area contributed by atoms with Gasteiger partial charge in [-0.2, -0.15) is 4.98 Å². The highest BCUT2D eigenvalue weighted by Gasteiger charge is 2.61. The van der Waals surface area contributed by atoms with Crippen molar-refractivity contribution in [2.45, 2.75) is 50.6 Å². The number of fused-ring (bicyclic) bond motifs is 1. The fourth-order valence-corrected chi connectivity index (χ4v) is 5.73. The molecule has 3 fully saturated rings. The van der Waals surface area contributed by atoms with Crippen LogP contribution in [0.2, 0.25) is 0 Å². The maximum Gasteiger partial charge on any atom is 0.293 e. The number of nitrogens with one attached hydrogen (secondary N) is 1. The van der Waals surface area contributed by atoms with E-state index in [2.05, 4.69) is 51.0 Å². The Hall–Kier alpha value is -3.18. The summed E-state index contributed by atoms with van der Waals surface area (Å²) in [6.07, 6.45) is 7.17. The first-order valence-corrected chi connectivity index (χ1v) is 13.3. The summed E-state index contributed by atoms with van der Waals surface area (Å²) >= 11 is 0. The van der Waals surface area contributed by atoms with Crippen molar-refractivity contribution in [2.24, 2.45) is 0 Å². The number of hydrogen-bond donors (Lipinski definition) is 1. The fourth-order valence-electron chi connectivity index (χ4n) is 5.73.